The Morgan fingerprint density at radius 1 is 1.29 bits per heavy atom. The molecule has 0 saturated carbocycles. The van der Waals surface area contributed by atoms with Gasteiger partial charge in [-0.3, -0.25) is 0 Å². The fourth-order valence-electron chi connectivity index (χ4n) is 2.56. The number of nitrogens with one attached hydrogen (secondary N) is 1. The first-order valence-electron chi connectivity index (χ1n) is 7.40. The number of likely N-dealkylation sites (tertiary alicyclic amines) is 1. The normalized spacial score (nSPS) is 24.5. The molecule has 102 valence electrons. The highest BCUT2D eigenvalue weighted by Gasteiger charge is 2.15. The summed E-state index contributed by atoms with van der Waals surface area (Å²) in [5.74, 6) is 0. The quantitative estimate of drug-likeness (QED) is 0.717. The van der Waals surface area contributed by atoms with Crippen LogP contribution in [0.3, 0.4) is 0 Å². The van der Waals surface area contributed by atoms with E-state index in [2.05, 4.69) is 17.1 Å². The molecule has 1 heterocycles. The van der Waals surface area contributed by atoms with Gasteiger partial charge in [-0.15, -0.1) is 0 Å². The van der Waals surface area contributed by atoms with Gasteiger partial charge in [-0.2, -0.15) is 0 Å². The van der Waals surface area contributed by atoms with E-state index in [9.17, 15) is 5.11 Å². The van der Waals surface area contributed by atoms with Gasteiger partial charge >= 0.3 is 0 Å². The van der Waals surface area contributed by atoms with Gasteiger partial charge in [0, 0.05) is 6.04 Å². The van der Waals surface area contributed by atoms with Crippen LogP contribution in [0.15, 0.2) is 0 Å². The first-order valence-corrected chi connectivity index (χ1v) is 7.40. The molecule has 1 fully saturated rings. The van der Waals surface area contributed by atoms with Gasteiger partial charge < -0.3 is 15.3 Å². The molecule has 0 aromatic rings. The summed E-state index contributed by atoms with van der Waals surface area (Å²) in [4.78, 5) is 2.59. The first kappa shape index (κ1) is 14.9. The second kappa shape index (κ2) is 8.90. The Kier molecular flexibility index (Phi) is 7.82. The molecule has 0 bridgehead atoms. The monoisotopic (exact) mass is 242 g/mol. The number of aliphatic hydroxyl groups is 1. The zero-order chi connectivity index (χ0) is 12.5. The highest BCUT2D eigenvalue weighted by molar-refractivity contribution is 4.75. The minimum absolute atomic E-state index is 0.120. The molecule has 0 spiro atoms. The average Bonchev–Trinajstić information content (AvgIpc) is 2.55. The van der Waals surface area contributed by atoms with Crippen LogP contribution in [-0.2, 0) is 0 Å². The van der Waals surface area contributed by atoms with E-state index < -0.39 is 0 Å². The summed E-state index contributed by atoms with van der Waals surface area (Å²) in [5.41, 5.74) is 0. The van der Waals surface area contributed by atoms with E-state index in [-0.39, 0.29) is 6.10 Å². The molecule has 3 nitrogen and oxygen atoms in total. The summed E-state index contributed by atoms with van der Waals surface area (Å²) in [6, 6.07) is 0.668. The summed E-state index contributed by atoms with van der Waals surface area (Å²) in [7, 11) is 0. The lowest BCUT2D eigenvalue weighted by atomic mass is 10.1. The van der Waals surface area contributed by atoms with E-state index >= 15 is 0 Å². The predicted molar refractivity (Wildman–Crippen MR) is 73.3 cm³/mol. The van der Waals surface area contributed by atoms with Crippen molar-refractivity contribution < 1.29 is 5.11 Å². The largest absolute Gasteiger partial charge is 0.393 e. The third kappa shape index (κ3) is 6.39. The molecule has 2 atom stereocenters. The van der Waals surface area contributed by atoms with E-state index in [1.54, 1.807) is 0 Å². The number of hydrogen-bond donors (Lipinski definition) is 2. The van der Waals surface area contributed by atoms with E-state index in [4.69, 9.17) is 0 Å². The lowest BCUT2D eigenvalue weighted by molar-refractivity contribution is 0.158. The van der Waals surface area contributed by atoms with Crippen molar-refractivity contribution in [2.24, 2.45) is 0 Å². The van der Waals surface area contributed by atoms with Crippen LogP contribution in [0, 0.1) is 0 Å². The number of hydrogen-bond acceptors (Lipinski definition) is 3. The maximum absolute atomic E-state index is 9.51. The Labute approximate surface area is 107 Å². The first-order chi connectivity index (χ1) is 8.26. The molecule has 1 rings (SSSR count). The summed E-state index contributed by atoms with van der Waals surface area (Å²) < 4.78 is 0. The van der Waals surface area contributed by atoms with Gasteiger partial charge in [-0.1, -0.05) is 13.8 Å². The maximum atomic E-state index is 9.51. The van der Waals surface area contributed by atoms with E-state index in [0.717, 1.165) is 19.4 Å². The van der Waals surface area contributed by atoms with Crippen molar-refractivity contribution >= 4 is 0 Å². The Bertz CT molecular complexity index is 187. The van der Waals surface area contributed by atoms with Crippen molar-refractivity contribution in [3.8, 4) is 0 Å². The number of rotatable bonds is 7. The third-order valence-electron chi connectivity index (χ3n) is 3.74. The van der Waals surface area contributed by atoms with Gasteiger partial charge in [0.15, 0.2) is 0 Å². The molecule has 1 aliphatic rings. The molecule has 2 N–H and O–H groups in total. The van der Waals surface area contributed by atoms with Gasteiger partial charge in [-0.25, -0.2) is 0 Å². The van der Waals surface area contributed by atoms with Gasteiger partial charge in [0.2, 0.25) is 0 Å². The molecule has 0 aromatic carbocycles. The van der Waals surface area contributed by atoms with Crippen molar-refractivity contribution in [3.63, 3.8) is 0 Å². The molecule has 1 saturated heterocycles. The maximum Gasteiger partial charge on any atom is 0.0549 e. The highest BCUT2D eigenvalue weighted by atomic mass is 16.3. The summed E-state index contributed by atoms with van der Waals surface area (Å²) in [6.07, 6.45) is 6.78. The van der Waals surface area contributed by atoms with Crippen molar-refractivity contribution in [1.29, 1.82) is 0 Å². The van der Waals surface area contributed by atoms with Gasteiger partial charge in [0.25, 0.3) is 0 Å². The van der Waals surface area contributed by atoms with E-state index in [1.165, 1.54) is 45.3 Å². The molecule has 0 radical (unpaired) electrons. The second-order valence-corrected chi connectivity index (χ2v) is 5.27. The smallest absolute Gasteiger partial charge is 0.0549 e. The SMILES string of the molecule is CCCN1CCCC(NCCC(O)CC)CC1. The van der Waals surface area contributed by atoms with Gasteiger partial charge in [0.1, 0.15) is 0 Å². The molecule has 0 aliphatic carbocycles. The summed E-state index contributed by atoms with van der Waals surface area (Å²) >= 11 is 0. The van der Waals surface area contributed by atoms with Crippen molar-refractivity contribution in [2.75, 3.05) is 26.2 Å². The van der Waals surface area contributed by atoms with Crippen LogP contribution in [0.2, 0.25) is 0 Å². The van der Waals surface area contributed by atoms with Crippen LogP contribution in [0.4, 0.5) is 0 Å². The predicted octanol–water partition coefficient (Wildman–Crippen LogP) is 2.00. The molecular formula is C14H30N2O. The van der Waals surface area contributed by atoms with Crippen LogP contribution in [0.1, 0.15) is 52.4 Å². The van der Waals surface area contributed by atoms with Gasteiger partial charge in [-0.05, 0) is 64.7 Å². The van der Waals surface area contributed by atoms with Crippen LogP contribution >= 0.6 is 0 Å². The van der Waals surface area contributed by atoms with Gasteiger partial charge in [0.05, 0.1) is 6.10 Å². The second-order valence-electron chi connectivity index (χ2n) is 5.27. The average molecular weight is 242 g/mol. The number of aliphatic hydroxyl groups excluding tert-OH is 1. The standard InChI is InChI=1S/C14H30N2O/c1-3-10-16-11-5-6-13(8-12-16)15-9-7-14(17)4-2/h13-15,17H,3-12H2,1-2H3. The minimum atomic E-state index is -0.120. The van der Waals surface area contributed by atoms with Crippen LogP contribution in [0.25, 0.3) is 0 Å². The Balaban J connectivity index is 2.13. The molecule has 0 amide bonds. The molecule has 3 heteroatoms. The minimum Gasteiger partial charge on any atom is -0.393 e. The van der Waals surface area contributed by atoms with E-state index in [0.29, 0.717) is 6.04 Å². The third-order valence-corrected chi connectivity index (χ3v) is 3.74. The van der Waals surface area contributed by atoms with Crippen molar-refractivity contribution in [3.05, 3.63) is 0 Å². The molecule has 17 heavy (non-hydrogen) atoms. The van der Waals surface area contributed by atoms with Crippen molar-refractivity contribution in [2.45, 2.75) is 64.5 Å². The topological polar surface area (TPSA) is 35.5 Å². The zero-order valence-corrected chi connectivity index (χ0v) is 11.6. The summed E-state index contributed by atoms with van der Waals surface area (Å²) in [6.45, 7) is 9.02. The summed E-state index contributed by atoms with van der Waals surface area (Å²) in [5, 5.41) is 13.1. The molecule has 0 aromatic heterocycles. The highest BCUT2D eigenvalue weighted by Crippen LogP contribution is 2.11. The molecular weight excluding hydrogens is 212 g/mol. The zero-order valence-electron chi connectivity index (χ0n) is 11.6. The Morgan fingerprint density at radius 3 is 2.82 bits per heavy atom. The fourth-order valence-corrected chi connectivity index (χ4v) is 2.56. The Morgan fingerprint density at radius 2 is 2.12 bits per heavy atom. The van der Waals surface area contributed by atoms with Crippen molar-refractivity contribution in [1.82, 2.24) is 10.2 Å². The van der Waals surface area contributed by atoms with E-state index in [1.807, 2.05) is 6.92 Å². The van der Waals surface area contributed by atoms with Crippen LogP contribution in [0.5, 0.6) is 0 Å². The number of nitrogens with zero attached hydrogens (tertiary/aromatic N) is 1. The Hall–Kier alpha value is -0.120. The molecule has 1 aliphatic heterocycles. The molecule has 2 unspecified atom stereocenters. The lowest BCUT2D eigenvalue weighted by Gasteiger charge is -2.19. The fraction of sp³-hybridized carbons (Fsp3) is 1.00. The lowest BCUT2D eigenvalue weighted by Crippen LogP contribution is -2.33. The van der Waals surface area contributed by atoms with Crippen LogP contribution < -0.4 is 5.32 Å². The van der Waals surface area contributed by atoms with Crippen LogP contribution in [-0.4, -0.2) is 48.3 Å².